The summed E-state index contributed by atoms with van der Waals surface area (Å²) in [5.41, 5.74) is 2.85. The van der Waals surface area contributed by atoms with E-state index in [-0.39, 0.29) is 11.5 Å². The minimum Gasteiger partial charge on any atom is -0.508 e. The van der Waals surface area contributed by atoms with Crippen molar-refractivity contribution in [3.8, 4) is 28.4 Å². The second-order valence-electron chi connectivity index (χ2n) is 5.05. The van der Waals surface area contributed by atoms with Gasteiger partial charge in [-0.3, -0.25) is 0 Å². The Morgan fingerprint density at radius 1 is 1.00 bits per heavy atom. The SMILES string of the molecule is CB(O)c1ccc(-c2cn(-c3cc(O)cc(O)c3)nn2)cc1. The first-order chi connectivity index (χ1) is 10.5. The minimum atomic E-state index is -0.514. The van der Waals surface area contributed by atoms with E-state index in [2.05, 4.69) is 10.3 Å². The van der Waals surface area contributed by atoms with E-state index < -0.39 is 6.92 Å². The molecule has 7 heteroatoms. The van der Waals surface area contributed by atoms with Gasteiger partial charge in [-0.2, -0.15) is 0 Å². The Morgan fingerprint density at radius 2 is 1.64 bits per heavy atom. The van der Waals surface area contributed by atoms with E-state index in [1.807, 2.05) is 24.3 Å². The van der Waals surface area contributed by atoms with Gasteiger partial charge in [-0.15, -0.1) is 5.10 Å². The quantitative estimate of drug-likeness (QED) is 0.631. The van der Waals surface area contributed by atoms with E-state index in [0.29, 0.717) is 11.4 Å². The lowest BCUT2D eigenvalue weighted by Crippen LogP contribution is -2.25. The molecule has 0 radical (unpaired) electrons. The van der Waals surface area contributed by atoms with Crippen LogP contribution in [0.15, 0.2) is 48.7 Å². The highest BCUT2D eigenvalue weighted by Gasteiger charge is 2.09. The van der Waals surface area contributed by atoms with Crippen LogP contribution in [-0.2, 0) is 0 Å². The van der Waals surface area contributed by atoms with E-state index in [1.165, 1.54) is 22.9 Å². The number of nitrogens with zero attached hydrogens (tertiary/aromatic N) is 3. The predicted octanol–water partition coefficient (Wildman–Crippen LogP) is 1.17. The molecule has 3 aromatic rings. The molecule has 0 fully saturated rings. The molecule has 0 aliphatic carbocycles. The highest BCUT2D eigenvalue weighted by atomic mass is 16.3. The molecule has 0 unspecified atom stereocenters. The van der Waals surface area contributed by atoms with Crippen LogP contribution in [0.4, 0.5) is 0 Å². The molecule has 3 N–H and O–H groups in total. The number of phenols is 2. The Bertz CT molecular complexity index is 780. The van der Waals surface area contributed by atoms with Crippen molar-refractivity contribution in [3.63, 3.8) is 0 Å². The summed E-state index contributed by atoms with van der Waals surface area (Å²) in [5.74, 6) is -0.0957. The lowest BCUT2D eigenvalue weighted by Gasteiger charge is -2.02. The van der Waals surface area contributed by atoms with Gasteiger partial charge >= 0.3 is 6.92 Å². The number of aromatic nitrogens is 3. The Kier molecular flexibility index (Phi) is 3.56. The average Bonchev–Trinajstić information content (AvgIpc) is 2.96. The average molecular weight is 295 g/mol. The number of aromatic hydroxyl groups is 2. The standard InChI is InChI=1S/C15H14BN3O3/c1-16(22)11-4-2-10(3-5-11)15-9-19(18-17-15)12-6-13(20)8-14(21)7-12/h2-9,20-22H,1H3. The fourth-order valence-electron chi connectivity index (χ4n) is 2.17. The number of phenolic OH excluding ortho intramolecular Hbond substituents is 2. The van der Waals surface area contributed by atoms with Crippen LogP contribution in [0, 0.1) is 0 Å². The first-order valence-corrected chi connectivity index (χ1v) is 6.77. The molecule has 22 heavy (non-hydrogen) atoms. The first kappa shape index (κ1) is 14.2. The van der Waals surface area contributed by atoms with Crippen LogP contribution < -0.4 is 5.46 Å². The van der Waals surface area contributed by atoms with Crippen LogP contribution >= 0.6 is 0 Å². The number of rotatable bonds is 3. The maximum absolute atomic E-state index is 9.52. The second kappa shape index (κ2) is 5.53. The molecule has 0 saturated heterocycles. The number of benzene rings is 2. The van der Waals surface area contributed by atoms with Crippen molar-refractivity contribution in [2.45, 2.75) is 6.82 Å². The zero-order chi connectivity index (χ0) is 15.7. The van der Waals surface area contributed by atoms with Crippen molar-refractivity contribution < 1.29 is 15.2 Å². The molecule has 0 spiro atoms. The zero-order valence-electron chi connectivity index (χ0n) is 11.9. The van der Waals surface area contributed by atoms with E-state index in [9.17, 15) is 15.2 Å². The molecule has 110 valence electrons. The third-order valence-electron chi connectivity index (χ3n) is 3.33. The molecule has 0 aliphatic heterocycles. The summed E-state index contributed by atoms with van der Waals surface area (Å²) in [6.07, 6.45) is 1.70. The summed E-state index contributed by atoms with van der Waals surface area (Å²) in [4.78, 5) is 0. The van der Waals surface area contributed by atoms with Crippen LogP contribution in [-0.4, -0.2) is 37.1 Å². The molecular weight excluding hydrogens is 281 g/mol. The lowest BCUT2D eigenvalue weighted by atomic mass is 9.64. The van der Waals surface area contributed by atoms with Gasteiger partial charge in [0.05, 0.1) is 11.9 Å². The summed E-state index contributed by atoms with van der Waals surface area (Å²) in [6, 6.07) is 11.6. The van der Waals surface area contributed by atoms with Crippen molar-refractivity contribution in [1.29, 1.82) is 0 Å². The van der Waals surface area contributed by atoms with Crippen LogP contribution in [0.3, 0.4) is 0 Å². The smallest absolute Gasteiger partial charge is 0.320 e. The van der Waals surface area contributed by atoms with E-state index in [1.54, 1.807) is 13.0 Å². The van der Waals surface area contributed by atoms with Gasteiger partial charge in [0, 0.05) is 23.8 Å². The summed E-state index contributed by atoms with van der Waals surface area (Å²) < 4.78 is 1.47. The van der Waals surface area contributed by atoms with Crippen molar-refractivity contribution in [2.24, 2.45) is 0 Å². The highest BCUT2D eigenvalue weighted by molar-refractivity contribution is 6.64. The maximum Gasteiger partial charge on any atom is 0.320 e. The van der Waals surface area contributed by atoms with Gasteiger partial charge in [0.15, 0.2) is 0 Å². The summed E-state index contributed by atoms with van der Waals surface area (Å²) >= 11 is 0. The molecule has 0 aliphatic rings. The third-order valence-corrected chi connectivity index (χ3v) is 3.33. The largest absolute Gasteiger partial charge is 0.508 e. The van der Waals surface area contributed by atoms with Gasteiger partial charge < -0.3 is 15.2 Å². The Morgan fingerprint density at radius 3 is 2.23 bits per heavy atom. The second-order valence-corrected chi connectivity index (χ2v) is 5.05. The van der Waals surface area contributed by atoms with E-state index in [4.69, 9.17) is 0 Å². The number of hydrogen-bond acceptors (Lipinski definition) is 5. The van der Waals surface area contributed by atoms with Gasteiger partial charge in [-0.25, -0.2) is 4.68 Å². The van der Waals surface area contributed by atoms with Crippen LogP contribution in [0.2, 0.25) is 6.82 Å². The minimum absolute atomic E-state index is 0.0478. The molecule has 2 aromatic carbocycles. The highest BCUT2D eigenvalue weighted by Crippen LogP contribution is 2.24. The fraction of sp³-hybridized carbons (Fsp3) is 0.0667. The summed E-state index contributed by atoms with van der Waals surface area (Å²) in [7, 11) is 0. The van der Waals surface area contributed by atoms with Crippen molar-refractivity contribution >= 4 is 12.4 Å². The van der Waals surface area contributed by atoms with Gasteiger partial charge in [0.25, 0.3) is 0 Å². The van der Waals surface area contributed by atoms with Gasteiger partial charge in [-0.05, 0) is 5.46 Å². The third kappa shape index (κ3) is 2.80. The fourth-order valence-corrected chi connectivity index (χ4v) is 2.17. The molecule has 0 atom stereocenters. The van der Waals surface area contributed by atoms with Crippen LogP contribution in [0.25, 0.3) is 16.9 Å². The molecule has 0 amide bonds. The maximum atomic E-state index is 9.52. The molecular formula is C15H14BN3O3. The van der Waals surface area contributed by atoms with Gasteiger partial charge in [0.1, 0.15) is 17.2 Å². The van der Waals surface area contributed by atoms with Gasteiger partial charge in [-0.1, -0.05) is 36.3 Å². The van der Waals surface area contributed by atoms with Gasteiger partial charge in [0.2, 0.25) is 0 Å². The molecule has 1 heterocycles. The van der Waals surface area contributed by atoms with E-state index in [0.717, 1.165) is 11.0 Å². The number of hydrogen-bond donors (Lipinski definition) is 3. The Hall–Kier alpha value is -2.80. The van der Waals surface area contributed by atoms with Crippen molar-refractivity contribution in [1.82, 2.24) is 15.0 Å². The van der Waals surface area contributed by atoms with Crippen molar-refractivity contribution in [3.05, 3.63) is 48.7 Å². The van der Waals surface area contributed by atoms with Crippen LogP contribution in [0.1, 0.15) is 0 Å². The molecule has 3 rings (SSSR count). The normalized spacial score (nSPS) is 10.6. The van der Waals surface area contributed by atoms with Crippen molar-refractivity contribution in [2.75, 3.05) is 0 Å². The molecule has 0 saturated carbocycles. The molecule has 6 nitrogen and oxygen atoms in total. The Balaban J connectivity index is 1.93. The zero-order valence-corrected chi connectivity index (χ0v) is 11.9. The summed E-state index contributed by atoms with van der Waals surface area (Å²) in [6.45, 7) is 1.19. The molecule has 1 aromatic heterocycles. The topological polar surface area (TPSA) is 91.4 Å². The first-order valence-electron chi connectivity index (χ1n) is 6.77. The summed E-state index contributed by atoms with van der Waals surface area (Å²) in [5, 5.41) is 36.6. The monoisotopic (exact) mass is 295 g/mol. The predicted molar refractivity (Wildman–Crippen MR) is 83.6 cm³/mol. The molecule has 0 bridgehead atoms. The van der Waals surface area contributed by atoms with E-state index >= 15 is 0 Å². The Labute approximate surface area is 127 Å². The van der Waals surface area contributed by atoms with Crippen LogP contribution in [0.5, 0.6) is 11.5 Å². The lowest BCUT2D eigenvalue weighted by molar-refractivity contribution is 0.449.